The zero-order valence-electron chi connectivity index (χ0n) is 10.2. The van der Waals surface area contributed by atoms with Gasteiger partial charge in [0.15, 0.2) is 5.12 Å². The van der Waals surface area contributed by atoms with Crippen LogP contribution >= 0.6 is 9.16 Å². The van der Waals surface area contributed by atoms with Gasteiger partial charge in [0.25, 0.3) is 0 Å². The quantitative estimate of drug-likeness (QED) is 0.695. The number of thiol groups is 1. The molecule has 15 heavy (non-hydrogen) atoms. The first-order chi connectivity index (χ1) is 6.67. The molecule has 1 N–H and O–H groups in total. The normalized spacial score (nSPS) is 14.3. The van der Waals surface area contributed by atoms with Gasteiger partial charge in [-0.25, -0.2) is 9.16 Å². The second-order valence-corrected chi connectivity index (χ2v) is 12.7. The number of carboxylic acid groups (broad SMARTS) is 1. The molecule has 0 saturated carbocycles. The van der Waals surface area contributed by atoms with Gasteiger partial charge in [-0.2, -0.15) is 0 Å². The van der Waals surface area contributed by atoms with E-state index in [4.69, 9.17) is 5.11 Å². The zero-order valence-corrected chi connectivity index (χ0v) is 11.1. The van der Waals surface area contributed by atoms with E-state index in [-0.39, 0.29) is 6.42 Å². The molecule has 3 nitrogen and oxygen atoms in total. The lowest BCUT2D eigenvalue weighted by Gasteiger charge is -2.49. The third-order valence-corrected chi connectivity index (χ3v) is 6.67. The van der Waals surface area contributed by atoms with Crippen LogP contribution in [0.4, 0.5) is 0 Å². The molecule has 0 heterocycles. The van der Waals surface area contributed by atoms with Crippen molar-refractivity contribution in [1.29, 1.82) is 0 Å². The Balaban J connectivity index is 4.34. The summed E-state index contributed by atoms with van der Waals surface area (Å²) in [6, 6.07) is 0. The lowest BCUT2D eigenvalue weighted by molar-refractivity contribution is -0.137. The van der Waals surface area contributed by atoms with Crippen molar-refractivity contribution >= 4 is 20.2 Å². The molecule has 0 saturated heterocycles. The Hall–Kier alpha value is -0.510. The fourth-order valence-electron chi connectivity index (χ4n) is 1.54. The molecule has 0 fully saturated rings. The minimum atomic E-state index is -2.27. The summed E-state index contributed by atoms with van der Waals surface area (Å²) >= 11 is 0. The number of carbonyl (C=O) groups is 2. The minimum Gasteiger partial charge on any atom is -0.481 e. The summed E-state index contributed by atoms with van der Waals surface area (Å²) in [5.74, 6) is -0.0126. The van der Waals surface area contributed by atoms with Crippen molar-refractivity contribution < 1.29 is 14.7 Å². The average molecular weight is 236 g/mol. The Labute approximate surface area is 92.5 Å². The first-order valence-electron chi connectivity index (χ1n) is 5.43. The van der Waals surface area contributed by atoms with Crippen LogP contribution in [0.25, 0.3) is 0 Å². The van der Waals surface area contributed by atoms with Gasteiger partial charge in [0, 0.05) is 12.8 Å². The maximum atomic E-state index is 12.0. The molecule has 0 aromatic carbocycles. The SMILES string of the molecule is CCCC(=O)[SH](C)(C)(C)CCCC(=O)O. The molecule has 92 valence electrons. The molecular weight excluding hydrogens is 212 g/mol. The number of hydrogen-bond donors (Lipinski definition) is 2. The van der Waals surface area contributed by atoms with Crippen LogP contribution in [-0.2, 0) is 9.59 Å². The number of carboxylic acids is 1. The van der Waals surface area contributed by atoms with E-state index in [0.717, 1.165) is 12.2 Å². The maximum Gasteiger partial charge on any atom is 0.303 e. The summed E-state index contributed by atoms with van der Waals surface area (Å²) in [4.78, 5) is 22.4. The van der Waals surface area contributed by atoms with Crippen LogP contribution < -0.4 is 0 Å². The van der Waals surface area contributed by atoms with E-state index >= 15 is 0 Å². The van der Waals surface area contributed by atoms with Crippen molar-refractivity contribution in [3.8, 4) is 0 Å². The standard InChI is InChI=1S/C11H24O3S/c1-5-7-11(14)15(2,3,4)9-6-8-10(12)13/h15H,5-9H2,1-4H3,(H,12,13). The Morgan fingerprint density at radius 1 is 1.13 bits per heavy atom. The van der Waals surface area contributed by atoms with Gasteiger partial charge in [-0.15, -0.1) is 0 Å². The van der Waals surface area contributed by atoms with Crippen LogP contribution in [0.3, 0.4) is 0 Å². The molecule has 0 atom stereocenters. The molecule has 0 amide bonds. The molecule has 0 unspecified atom stereocenters. The van der Waals surface area contributed by atoms with Crippen LogP contribution in [0.1, 0.15) is 32.6 Å². The predicted molar refractivity (Wildman–Crippen MR) is 68.4 cm³/mol. The van der Waals surface area contributed by atoms with E-state index in [1.54, 1.807) is 0 Å². The lowest BCUT2D eigenvalue weighted by Crippen LogP contribution is -2.27. The van der Waals surface area contributed by atoms with Crippen LogP contribution in [0.15, 0.2) is 0 Å². The van der Waals surface area contributed by atoms with Crippen LogP contribution in [0.5, 0.6) is 0 Å². The summed E-state index contributed by atoms with van der Waals surface area (Å²) in [6.07, 6.45) is 8.45. The molecule has 0 rings (SSSR count). The smallest absolute Gasteiger partial charge is 0.303 e. The van der Waals surface area contributed by atoms with Gasteiger partial charge in [0.2, 0.25) is 0 Å². The minimum absolute atomic E-state index is 0.173. The molecule has 0 aliphatic carbocycles. The van der Waals surface area contributed by atoms with Crippen molar-refractivity contribution in [3.63, 3.8) is 0 Å². The van der Waals surface area contributed by atoms with Gasteiger partial charge >= 0.3 is 5.97 Å². The van der Waals surface area contributed by atoms with Gasteiger partial charge in [-0.05, 0) is 37.4 Å². The van der Waals surface area contributed by atoms with Gasteiger partial charge < -0.3 is 5.11 Å². The van der Waals surface area contributed by atoms with Crippen LogP contribution in [-0.4, -0.2) is 40.7 Å². The number of hydrogen-bond acceptors (Lipinski definition) is 2. The van der Waals surface area contributed by atoms with Crippen molar-refractivity contribution in [2.75, 3.05) is 24.5 Å². The largest absolute Gasteiger partial charge is 0.481 e. The fraction of sp³-hybridized carbons (Fsp3) is 0.818. The van der Waals surface area contributed by atoms with Crippen molar-refractivity contribution in [2.45, 2.75) is 32.6 Å². The maximum absolute atomic E-state index is 12.0. The molecule has 4 heteroatoms. The number of rotatable bonds is 6. The molecular formula is C11H24O3S. The highest BCUT2D eigenvalue weighted by Gasteiger charge is 2.32. The van der Waals surface area contributed by atoms with E-state index in [1.165, 1.54) is 0 Å². The highest BCUT2D eigenvalue weighted by atomic mass is 32.3. The Bertz CT molecular complexity index is 250. The first-order valence-corrected chi connectivity index (χ1v) is 9.19. The lowest BCUT2D eigenvalue weighted by atomic mass is 10.3. The number of carbonyl (C=O) groups excluding carboxylic acids is 1. The average Bonchev–Trinajstić information content (AvgIpc) is 2.02. The summed E-state index contributed by atoms with van der Waals surface area (Å²) < 4.78 is 0. The van der Waals surface area contributed by atoms with Gasteiger partial charge in [-0.3, -0.25) is 9.59 Å². The molecule has 0 spiro atoms. The van der Waals surface area contributed by atoms with Crippen molar-refractivity contribution in [1.82, 2.24) is 0 Å². The Morgan fingerprint density at radius 3 is 2.07 bits per heavy atom. The molecule has 0 radical (unpaired) electrons. The van der Waals surface area contributed by atoms with Crippen LogP contribution in [0, 0.1) is 0 Å². The fourth-order valence-corrected chi connectivity index (χ4v) is 4.10. The third kappa shape index (κ3) is 5.21. The number of aliphatic carboxylic acids is 1. The molecule has 0 aliphatic rings. The van der Waals surface area contributed by atoms with Crippen molar-refractivity contribution in [3.05, 3.63) is 0 Å². The van der Waals surface area contributed by atoms with E-state index in [1.807, 2.05) is 25.7 Å². The summed E-state index contributed by atoms with van der Waals surface area (Å²) in [7, 11) is -2.27. The molecule has 0 aromatic heterocycles. The molecule has 0 aliphatic heterocycles. The van der Waals surface area contributed by atoms with E-state index in [2.05, 4.69) is 0 Å². The van der Waals surface area contributed by atoms with Gasteiger partial charge in [0.1, 0.15) is 0 Å². The zero-order chi connectivity index (χ0) is 12.1. The topological polar surface area (TPSA) is 54.4 Å². The Morgan fingerprint density at radius 2 is 1.67 bits per heavy atom. The summed E-state index contributed by atoms with van der Waals surface area (Å²) in [5.41, 5.74) is 0. The van der Waals surface area contributed by atoms with E-state index in [9.17, 15) is 9.59 Å². The van der Waals surface area contributed by atoms with Crippen molar-refractivity contribution in [2.24, 2.45) is 0 Å². The predicted octanol–water partition coefficient (Wildman–Crippen LogP) is 2.14. The molecule has 0 aromatic rings. The highest BCUT2D eigenvalue weighted by Crippen LogP contribution is 2.61. The third-order valence-electron chi connectivity index (χ3n) is 2.72. The Kier molecular flexibility index (Phi) is 4.84. The van der Waals surface area contributed by atoms with E-state index < -0.39 is 15.1 Å². The second-order valence-electron chi connectivity index (χ2n) is 5.48. The van der Waals surface area contributed by atoms with E-state index in [0.29, 0.717) is 18.0 Å². The van der Waals surface area contributed by atoms with Gasteiger partial charge in [-0.1, -0.05) is 6.92 Å². The van der Waals surface area contributed by atoms with Gasteiger partial charge in [0.05, 0.1) is 0 Å². The second kappa shape index (κ2) is 5.01. The van der Waals surface area contributed by atoms with Crippen LogP contribution in [0.2, 0.25) is 0 Å². The monoisotopic (exact) mass is 236 g/mol. The molecule has 0 bridgehead atoms. The summed E-state index contributed by atoms with van der Waals surface area (Å²) in [6.45, 7) is 2.00. The first kappa shape index (κ1) is 14.5. The summed E-state index contributed by atoms with van der Waals surface area (Å²) in [5, 5.41) is 8.92. The highest BCUT2D eigenvalue weighted by molar-refractivity contribution is 8.58.